The summed E-state index contributed by atoms with van der Waals surface area (Å²) in [5.41, 5.74) is 17.1. The van der Waals surface area contributed by atoms with E-state index in [1.165, 1.54) is 60.5 Å². The van der Waals surface area contributed by atoms with Gasteiger partial charge in [0.05, 0.1) is 11.2 Å². The zero-order valence-electron chi connectivity index (χ0n) is 31.7. The van der Waals surface area contributed by atoms with Crippen LogP contribution < -0.4 is 0 Å². The Bertz CT molecular complexity index is 2750. The Hall–Kier alpha value is -6.03. The molecule has 270 valence electrons. The molecule has 6 aromatic carbocycles. The predicted molar refractivity (Wildman–Crippen MR) is 237 cm³/mol. The second-order valence-corrected chi connectivity index (χ2v) is 16.3. The van der Waals surface area contributed by atoms with E-state index in [4.69, 9.17) is 9.97 Å². The van der Waals surface area contributed by atoms with E-state index in [2.05, 4.69) is 190 Å². The van der Waals surface area contributed by atoms with Gasteiger partial charge in [-0.05, 0) is 86.0 Å². The highest BCUT2D eigenvalue weighted by Crippen LogP contribution is 2.49. The number of rotatable bonds is 4. The summed E-state index contributed by atoms with van der Waals surface area (Å²) in [5.74, 6) is 2.91. The fourth-order valence-electron chi connectivity index (χ4n) is 8.90. The molecule has 56 heavy (non-hydrogen) atoms. The summed E-state index contributed by atoms with van der Waals surface area (Å²) in [5, 5.41) is 1.06. The van der Waals surface area contributed by atoms with Crippen molar-refractivity contribution in [3.63, 3.8) is 0 Å². The van der Waals surface area contributed by atoms with Gasteiger partial charge in [-0.1, -0.05) is 178 Å². The molecule has 0 saturated heterocycles. The second-order valence-electron chi connectivity index (χ2n) is 15.3. The number of nitrogens with zero attached hydrogens (tertiary/aromatic N) is 2. The molecule has 0 bridgehead atoms. The van der Waals surface area contributed by atoms with Crippen molar-refractivity contribution in [3.8, 4) is 44.9 Å². The summed E-state index contributed by atoms with van der Waals surface area (Å²) < 4.78 is 0. The highest BCUT2D eigenvalue weighted by molar-refractivity contribution is 7.98. The zero-order chi connectivity index (χ0) is 37.6. The third kappa shape index (κ3) is 6.17. The lowest BCUT2D eigenvalue weighted by molar-refractivity contribution is 0.635. The number of allylic oxidation sites excluding steroid dienone is 8. The van der Waals surface area contributed by atoms with Crippen molar-refractivity contribution < 1.29 is 0 Å². The normalized spacial score (nSPS) is 18.6. The first-order valence-corrected chi connectivity index (χ1v) is 20.8. The van der Waals surface area contributed by atoms with Crippen LogP contribution in [0, 0.1) is 11.8 Å². The fraction of sp³-hybridized carbons (Fsp3) is 0.132. The van der Waals surface area contributed by atoms with Crippen molar-refractivity contribution in [1.29, 1.82) is 0 Å². The molecule has 0 saturated carbocycles. The van der Waals surface area contributed by atoms with Crippen LogP contribution in [0.25, 0.3) is 66.9 Å². The number of thioether (sulfide) groups is 1. The van der Waals surface area contributed by atoms with Gasteiger partial charge < -0.3 is 0 Å². The van der Waals surface area contributed by atoms with Crippen LogP contribution in [-0.2, 0) is 5.75 Å². The third-order valence-corrected chi connectivity index (χ3v) is 12.9. The molecule has 2 heterocycles. The van der Waals surface area contributed by atoms with Crippen molar-refractivity contribution in [1.82, 2.24) is 9.97 Å². The Morgan fingerprint density at radius 3 is 2.14 bits per heavy atom. The van der Waals surface area contributed by atoms with E-state index in [9.17, 15) is 0 Å². The van der Waals surface area contributed by atoms with Crippen molar-refractivity contribution in [2.24, 2.45) is 11.8 Å². The quantitative estimate of drug-likeness (QED) is 0.180. The topological polar surface area (TPSA) is 25.8 Å². The van der Waals surface area contributed by atoms with E-state index in [-0.39, 0.29) is 0 Å². The fourth-order valence-corrected chi connectivity index (χ4v) is 9.97. The van der Waals surface area contributed by atoms with Gasteiger partial charge in [0.2, 0.25) is 0 Å². The Balaban J connectivity index is 1.10. The lowest BCUT2D eigenvalue weighted by atomic mass is 9.77. The molecule has 1 aliphatic heterocycles. The highest BCUT2D eigenvalue weighted by atomic mass is 32.2. The van der Waals surface area contributed by atoms with E-state index in [1.54, 1.807) is 0 Å². The smallest absolute Gasteiger partial charge is 0.160 e. The van der Waals surface area contributed by atoms with E-state index >= 15 is 0 Å². The molecule has 0 radical (unpaired) electrons. The molecule has 3 unspecified atom stereocenters. The number of fused-ring (bicyclic) bond motifs is 7. The van der Waals surface area contributed by atoms with Crippen molar-refractivity contribution in [3.05, 3.63) is 198 Å². The molecule has 10 rings (SSSR count). The van der Waals surface area contributed by atoms with Crippen LogP contribution in [-0.4, -0.2) is 9.97 Å². The molecule has 3 atom stereocenters. The van der Waals surface area contributed by atoms with Gasteiger partial charge in [0.15, 0.2) is 5.82 Å². The number of para-hydroxylation sites is 1. The summed E-state index contributed by atoms with van der Waals surface area (Å²) in [6, 6.07) is 51.1. The molecule has 0 spiro atoms. The Morgan fingerprint density at radius 1 is 0.589 bits per heavy atom. The average Bonchev–Trinajstić information content (AvgIpc) is 3.25. The summed E-state index contributed by atoms with van der Waals surface area (Å²) in [6.07, 6.45) is 14.7. The van der Waals surface area contributed by atoms with Crippen LogP contribution >= 0.6 is 11.8 Å². The standard InChI is InChI=1S/C53H42N2S/c1-34-13-3-5-16-41(34)36-25-29-38(30-26-36)52-45-18-7-9-23-48(45)54-53(55-52)39-31-27-37(28-32-39)43-20-12-21-44-42-17-6-4-15-40(42)33-56-49-24-10-8-19-46(49)50-35(2)14-11-22-47(50)51(43)44/h3-13,15-32,34-35,41H,14,33H2,1-2H3. The van der Waals surface area contributed by atoms with Gasteiger partial charge in [-0.2, -0.15) is 0 Å². The first-order valence-electron chi connectivity index (χ1n) is 19.8. The highest BCUT2D eigenvalue weighted by Gasteiger charge is 2.27. The van der Waals surface area contributed by atoms with Gasteiger partial charge in [-0.25, -0.2) is 9.97 Å². The lowest BCUT2D eigenvalue weighted by Crippen LogP contribution is -2.08. The van der Waals surface area contributed by atoms with Gasteiger partial charge in [-0.15, -0.1) is 11.8 Å². The minimum Gasteiger partial charge on any atom is -0.228 e. The van der Waals surface area contributed by atoms with Crippen LogP contribution in [0.1, 0.15) is 48.4 Å². The molecule has 3 heteroatoms. The van der Waals surface area contributed by atoms with Crippen LogP contribution in [0.2, 0.25) is 0 Å². The summed E-state index contributed by atoms with van der Waals surface area (Å²) in [4.78, 5) is 11.7. The molecule has 7 aromatic rings. The van der Waals surface area contributed by atoms with E-state index in [1.807, 2.05) is 11.8 Å². The average molecular weight is 739 g/mol. The predicted octanol–water partition coefficient (Wildman–Crippen LogP) is 14.3. The summed E-state index contributed by atoms with van der Waals surface area (Å²) in [7, 11) is 0. The van der Waals surface area contributed by atoms with Crippen molar-refractivity contribution in [2.45, 2.75) is 36.8 Å². The molecule has 0 fully saturated rings. The SMILES string of the molecule is CC1CC=CC2=C1c1ccccc1SCc1ccccc1-c1cccc(-c3ccc(-c4nc(-c5ccc(C6C=CC=CC6C)cc5)c5ccccc5n4)cc3)c12. The molecule has 2 aliphatic carbocycles. The zero-order valence-corrected chi connectivity index (χ0v) is 32.5. The molecular weight excluding hydrogens is 697 g/mol. The Labute approximate surface area is 334 Å². The van der Waals surface area contributed by atoms with Gasteiger partial charge in [-0.3, -0.25) is 0 Å². The maximum atomic E-state index is 5.27. The second kappa shape index (κ2) is 14.6. The minimum absolute atomic E-state index is 0.383. The molecule has 0 amide bonds. The number of benzene rings is 6. The minimum atomic E-state index is 0.383. The maximum absolute atomic E-state index is 5.27. The summed E-state index contributed by atoms with van der Waals surface area (Å²) >= 11 is 1.95. The van der Waals surface area contributed by atoms with Crippen molar-refractivity contribution >= 4 is 33.8 Å². The van der Waals surface area contributed by atoms with Crippen LogP contribution in [0.3, 0.4) is 0 Å². The number of hydrogen-bond acceptors (Lipinski definition) is 3. The maximum Gasteiger partial charge on any atom is 0.160 e. The molecule has 3 aliphatic rings. The number of aromatic nitrogens is 2. The van der Waals surface area contributed by atoms with Crippen LogP contribution in [0.15, 0.2) is 181 Å². The first kappa shape index (κ1) is 34.5. The van der Waals surface area contributed by atoms with E-state index < -0.39 is 0 Å². The number of hydrogen-bond donors (Lipinski definition) is 0. The van der Waals surface area contributed by atoms with E-state index in [0.717, 1.165) is 45.7 Å². The molecular formula is C53H42N2S. The largest absolute Gasteiger partial charge is 0.228 e. The molecule has 1 aromatic heterocycles. The Kier molecular flexibility index (Phi) is 8.96. The van der Waals surface area contributed by atoms with Gasteiger partial charge in [0.1, 0.15) is 0 Å². The Morgan fingerprint density at radius 2 is 1.29 bits per heavy atom. The van der Waals surface area contributed by atoms with Crippen LogP contribution in [0.5, 0.6) is 0 Å². The third-order valence-electron chi connectivity index (χ3n) is 11.8. The van der Waals surface area contributed by atoms with Crippen molar-refractivity contribution in [2.75, 3.05) is 0 Å². The lowest BCUT2D eigenvalue weighted by Gasteiger charge is -2.29. The first-order chi connectivity index (χ1) is 27.6. The van der Waals surface area contributed by atoms with E-state index in [0.29, 0.717) is 17.8 Å². The molecule has 2 nitrogen and oxygen atoms in total. The van der Waals surface area contributed by atoms with Gasteiger partial charge >= 0.3 is 0 Å². The monoisotopic (exact) mass is 738 g/mol. The van der Waals surface area contributed by atoms with Crippen LogP contribution in [0.4, 0.5) is 0 Å². The summed E-state index contributed by atoms with van der Waals surface area (Å²) in [6.45, 7) is 4.67. The molecule has 0 N–H and O–H groups in total. The van der Waals surface area contributed by atoms with Gasteiger partial charge in [0, 0.05) is 33.1 Å². The van der Waals surface area contributed by atoms with Gasteiger partial charge in [0.25, 0.3) is 0 Å².